The molecule has 0 aliphatic rings. The molecular formula is C11H17N3O4. The summed E-state index contributed by atoms with van der Waals surface area (Å²) in [4.78, 5) is 26.5. The molecule has 1 unspecified atom stereocenters. The van der Waals surface area contributed by atoms with Crippen molar-refractivity contribution in [1.29, 1.82) is 0 Å². The Morgan fingerprint density at radius 1 is 1.61 bits per heavy atom. The van der Waals surface area contributed by atoms with Gasteiger partial charge in [-0.05, 0) is 13.8 Å². The van der Waals surface area contributed by atoms with E-state index in [-0.39, 0.29) is 24.2 Å². The van der Waals surface area contributed by atoms with Gasteiger partial charge < -0.3 is 19.7 Å². The molecule has 0 aromatic carbocycles. The molecule has 0 radical (unpaired) electrons. The number of aromatic carboxylic acids is 1. The normalized spacial score (nSPS) is 12.2. The van der Waals surface area contributed by atoms with Crippen LogP contribution in [0.25, 0.3) is 0 Å². The number of carboxylic acid groups (broad SMARTS) is 1. The van der Waals surface area contributed by atoms with E-state index >= 15 is 0 Å². The highest BCUT2D eigenvalue weighted by molar-refractivity contribution is 5.86. The van der Waals surface area contributed by atoms with Crippen LogP contribution in [0.5, 0.6) is 0 Å². The largest absolute Gasteiger partial charge is 0.477 e. The molecule has 7 nitrogen and oxygen atoms in total. The molecule has 7 heteroatoms. The first-order chi connectivity index (χ1) is 8.45. The van der Waals surface area contributed by atoms with Gasteiger partial charge in [-0.3, -0.25) is 4.79 Å². The van der Waals surface area contributed by atoms with Gasteiger partial charge in [-0.15, -0.1) is 0 Å². The number of aromatic nitrogens is 2. The second kappa shape index (κ2) is 6.15. The van der Waals surface area contributed by atoms with E-state index in [1.807, 2.05) is 0 Å². The number of aryl methyl sites for hydroxylation is 1. The van der Waals surface area contributed by atoms with Gasteiger partial charge in [0.2, 0.25) is 5.91 Å². The molecule has 0 saturated heterocycles. The Morgan fingerprint density at radius 2 is 2.28 bits per heavy atom. The summed E-state index contributed by atoms with van der Waals surface area (Å²) >= 11 is 0. The molecule has 1 rings (SSSR count). The van der Waals surface area contributed by atoms with Crippen LogP contribution < -0.4 is 5.32 Å². The van der Waals surface area contributed by atoms with Crippen molar-refractivity contribution in [3.8, 4) is 0 Å². The van der Waals surface area contributed by atoms with Crippen molar-refractivity contribution in [2.45, 2.75) is 26.4 Å². The van der Waals surface area contributed by atoms with Crippen LogP contribution in [-0.4, -0.2) is 46.3 Å². The molecular weight excluding hydrogens is 238 g/mol. The quantitative estimate of drug-likeness (QED) is 0.748. The number of nitrogens with zero attached hydrogens (tertiary/aromatic N) is 2. The van der Waals surface area contributed by atoms with Crippen molar-refractivity contribution >= 4 is 11.9 Å². The topological polar surface area (TPSA) is 93.5 Å². The molecule has 0 spiro atoms. The summed E-state index contributed by atoms with van der Waals surface area (Å²) in [6.07, 6.45) is 1.24. The minimum Gasteiger partial charge on any atom is -0.477 e. The first kappa shape index (κ1) is 14.2. The molecule has 1 amide bonds. The highest BCUT2D eigenvalue weighted by Crippen LogP contribution is 2.04. The Bertz CT molecular complexity index is 441. The van der Waals surface area contributed by atoms with Gasteiger partial charge in [-0.25, -0.2) is 9.78 Å². The molecule has 1 aromatic rings. The van der Waals surface area contributed by atoms with Gasteiger partial charge in [0.25, 0.3) is 0 Å². The fourth-order valence-corrected chi connectivity index (χ4v) is 1.59. The standard InChI is InChI=1S/C11H17N3O4/c1-7(6-18-3)13-10(15)5-14-8(2)12-4-9(14)11(16)17/h4,7H,5-6H2,1-3H3,(H,13,15)(H,16,17). The average molecular weight is 255 g/mol. The van der Waals surface area contributed by atoms with Crippen molar-refractivity contribution in [1.82, 2.24) is 14.9 Å². The average Bonchev–Trinajstić information content (AvgIpc) is 2.60. The highest BCUT2D eigenvalue weighted by atomic mass is 16.5. The number of amides is 1. The third kappa shape index (κ3) is 3.56. The number of carboxylic acids is 1. The van der Waals surface area contributed by atoms with Crippen molar-refractivity contribution < 1.29 is 19.4 Å². The van der Waals surface area contributed by atoms with Gasteiger partial charge in [0.1, 0.15) is 18.1 Å². The lowest BCUT2D eigenvalue weighted by Crippen LogP contribution is -2.38. The lowest BCUT2D eigenvalue weighted by Gasteiger charge is -2.14. The molecule has 0 fully saturated rings. The van der Waals surface area contributed by atoms with Crippen LogP contribution in [0.3, 0.4) is 0 Å². The van der Waals surface area contributed by atoms with Crippen LogP contribution >= 0.6 is 0 Å². The molecule has 0 bridgehead atoms. The van der Waals surface area contributed by atoms with E-state index in [1.165, 1.54) is 10.8 Å². The van der Waals surface area contributed by atoms with Gasteiger partial charge in [0.05, 0.1) is 12.8 Å². The molecule has 18 heavy (non-hydrogen) atoms. The predicted molar refractivity (Wildman–Crippen MR) is 63.4 cm³/mol. The Labute approximate surface area is 105 Å². The molecule has 0 saturated carbocycles. The van der Waals surface area contributed by atoms with Crippen LogP contribution in [0.15, 0.2) is 6.20 Å². The summed E-state index contributed by atoms with van der Waals surface area (Å²) in [7, 11) is 1.55. The summed E-state index contributed by atoms with van der Waals surface area (Å²) in [5.41, 5.74) is 0.00189. The third-order valence-electron chi connectivity index (χ3n) is 2.40. The number of carbonyl (C=O) groups is 2. The fourth-order valence-electron chi connectivity index (χ4n) is 1.59. The summed E-state index contributed by atoms with van der Waals surface area (Å²) in [5.74, 6) is -0.890. The molecule has 2 N–H and O–H groups in total. The van der Waals surface area contributed by atoms with Gasteiger partial charge in [-0.1, -0.05) is 0 Å². The summed E-state index contributed by atoms with van der Waals surface area (Å²) in [6.45, 7) is 3.79. The SMILES string of the molecule is COCC(C)NC(=O)Cn1c(C(=O)O)cnc1C. The van der Waals surface area contributed by atoms with Crippen molar-refractivity contribution in [3.05, 3.63) is 17.7 Å². The predicted octanol–water partition coefficient (Wildman–Crippen LogP) is 0.0408. The Morgan fingerprint density at radius 3 is 2.83 bits per heavy atom. The van der Waals surface area contributed by atoms with Crippen LogP contribution in [0.4, 0.5) is 0 Å². The lowest BCUT2D eigenvalue weighted by atomic mass is 10.3. The van der Waals surface area contributed by atoms with E-state index in [2.05, 4.69) is 10.3 Å². The lowest BCUT2D eigenvalue weighted by molar-refractivity contribution is -0.122. The van der Waals surface area contributed by atoms with Gasteiger partial charge in [0.15, 0.2) is 0 Å². The maximum absolute atomic E-state index is 11.7. The summed E-state index contributed by atoms with van der Waals surface area (Å²) in [5, 5.41) is 11.7. The van der Waals surface area contributed by atoms with Crippen LogP contribution in [0.1, 0.15) is 23.2 Å². The van der Waals surface area contributed by atoms with Crippen molar-refractivity contribution in [3.63, 3.8) is 0 Å². The van der Waals surface area contributed by atoms with Crippen LogP contribution in [0.2, 0.25) is 0 Å². The molecule has 0 aliphatic heterocycles. The smallest absolute Gasteiger partial charge is 0.354 e. The highest BCUT2D eigenvalue weighted by Gasteiger charge is 2.16. The molecule has 1 atom stereocenters. The Kier molecular flexibility index (Phi) is 4.85. The number of rotatable bonds is 6. The van der Waals surface area contributed by atoms with E-state index in [0.717, 1.165) is 0 Å². The second-order valence-electron chi connectivity index (χ2n) is 4.01. The zero-order valence-corrected chi connectivity index (χ0v) is 10.6. The molecule has 1 heterocycles. The third-order valence-corrected chi connectivity index (χ3v) is 2.40. The Hall–Kier alpha value is -1.89. The molecule has 0 aliphatic carbocycles. The van der Waals surface area contributed by atoms with Gasteiger partial charge in [0, 0.05) is 13.2 Å². The van der Waals surface area contributed by atoms with Crippen LogP contribution in [-0.2, 0) is 16.1 Å². The van der Waals surface area contributed by atoms with Crippen molar-refractivity contribution in [2.24, 2.45) is 0 Å². The van der Waals surface area contributed by atoms with E-state index in [1.54, 1.807) is 21.0 Å². The number of methoxy groups -OCH3 is 1. The minimum atomic E-state index is -1.10. The number of imidazole rings is 1. The van der Waals surface area contributed by atoms with Gasteiger partial charge >= 0.3 is 5.97 Å². The fraction of sp³-hybridized carbons (Fsp3) is 0.545. The number of hydrogen-bond donors (Lipinski definition) is 2. The monoisotopic (exact) mass is 255 g/mol. The first-order valence-corrected chi connectivity index (χ1v) is 5.49. The number of nitrogens with one attached hydrogen (secondary N) is 1. The molecule has 1 aromatic heterocycles. The summed E-state index contributed by atoms with van der Waals surface area (Å²) < 4.78 is 6.26. The molecule has 100 valence electrons. The maximum Gasteiger partial charge on any atom is 0.354 e. The maximum atomic E-state index is 11.7. The second-order valence-corrected chi connectivity index (χ2v) is 4.01. The number of hydrogen-bond acceptors (Lipinski definition) is 4. The number of ether oxygens (including phenoxy) is 1. The van der Waals surface area contributed by atoms with E-state index in [4.69, 9.17) is 9.84 Å². The Balaban J connectivity index is 2.70. The zero-order valence-electron chi connectivity index (χ0n) is 10.6. The van der Waals surface area contributed by atoms with E-state index in [9.17, 15) is 9.59 Å². The number of carbonyl (C=O) groups excluding carboxylic acids is 1. The van der Waals surface area contributed by atoms with E-state index < -0.39 is 5.97 Å². The van der Waals surface area contributed by atoms with Crippen molar-refractivity contribution in [2.75, 3.05) is 13.7 Å². The van der Waals surface area contributed by atoms with Gasteiger partial charge in [-0.2, -0.15) is 0 Å². The first-order valence-electron chi connectivity index (χ1n) is 5.49. The zero-order chi connectivity index (χ0) is 13.7. The summed E-state index contributed by atoms with van der Waals surface area (Å²) in [6, 6.07) is -0.125. The van der Waals surface area contributed by atoms with E-state index in [0.29, 0.717) is 12.4 Å². The van der Waals surface area contributed by atoms with Crippen LogP contribution in [0, 0.1) is 6.92 Å². The minimum absolute atomic E-state index is 0.00189.